The van der Waals surface area contributed by atoms with Crippen LogP contribution in [0.15, 0.2) is 119 Å². The van der Waals surface area contributed by atoms with E-state index in [0.717, 1.165) is 16.7 Å². The standard InChI is InChI=1S/C33H19FN4O3/c34-23-16-14-21(15-17-23)26-27-29(24-8-4-5-9-25(24)40-33(27)39)41-32-28(26)31-36-30(37-38(31)18-35-32)22-12-10-20(11-13-22)19-6-2-1-3-7-19/h1-18,26H. The fourth-order valence-corrected chi connectivity index (χ4v) is 5.48. The van der Waals surface area contributed by atoms with Crippen molar-refractivity contribution in [3.8, 4) is 34.1 Å². The van der Waals surface area contributed by atoms with E-state index in [4.69, 9.17) is 14.1 Å². The molecule has 0 bridgehead atoms. The van der Waals surface area contributed by atoms with Gasteiger partial charge in [0, 0.05) is 5.56 Å². The Labute approximate surface area is 232 Å². The maximum atomic E-state index is 14.0. The summed E-state index contributed by atoms with van der Waals surface area (Å²) in [7, 11) is 0. The van der Waals surface area contributed by atoms with Crippen molar-refractivity contribution in [2.45, 2.75) is 5.92 Å². The maximum absolute atomic E-state index is 14.0. The van der Waals surface area contributed by atoms with Crippen LogP contribution in [0.25, 0.3) is 39.1 Å². The Morgan fingerprint density at radius 3 is 2.27 bits per heavy atom. The molecule has 0 saturated heterocycles. The molecule has 8 heteroatoms. The zero-order valence-electron chi connectivity index (χ0n) is 21.4. The predicted octanol–water partition coefficient (Wildman–Crippen LogP) is 6.99. The van der Waals surface area contributed by atoms with Crippen molar-refractivity contribution in [3.63, 3.8) is 0 Å². The molecule has 41 heavy (non-hydrogen) atoms. The zero-order chi connectivity index (χ0) is 27.5. The highest BCUT2D eigenvalue weighted by molar-refractivity contribution is 5.87. The highest BCUT2D eigenvalue weighted by Gasteiger charge is 2.37. The van der Waals surface area contributed by atoms with Crippen molar-refractivity contribution in [1.29, 1.82) is 0 Å². The van der Waals surface area contributed by atoms with E-state index in [1.54, 1.807) is 35.1 Å². The molecule has 1 atom stereocenters. The van der Waals surface area contributed by atoms with E-state index >= 15 is 0 Å². The first-order chi connectivity index (χ1) is 20.1. The molecule has 8 rings (SSSR count). The van der Waals surface area contributed by atoms with Crippen LogP contribution < -0.4 is 10.4 Å². The fraction of sp³-hybridized carbons (Fsp3) is 0.0303. The molecule has 7 nitrogen and oxygen atoms in total. The van der Waals surface area contributed by atoms with Gasteiger partial charge in [-0.05, 0) is 41.0 Å². The van der Waals surface area contributed by atoms with E-state index in [0.29, 0.717) is 50.8 Å². The summed E-state index contributed by atoms with van der Waals surface area (Å²) in [6.45, 7) is 0. The molecule has 0 amide bonds. The predicted molar refractivity (Wildman–Crippen MR) is 152 cm³/mol. The fourth-order valence-electron chi connectivity index (χ4n) is 5.48. The minimum atomic E-state index is -0.677. The number of para-hydroxylation sites is 1. The summed E-state index contributed by atoms with van der Waals surface area (Å²) in [5, 5.41) is 5.33. The topological polar surface area (TPSA) is 82.5 Å². The van der Waals surface area contributed by atoms with Gasteiger partial charge in [0.2, 0.25) is 5.88 Å². The van der Waals surface area contributed by atoms with Crippen LogP contribution in [0.4, 0.5) is 4.39 Å². The average molecular weight is 539 g/mol. The number of ether oxygens (including phenoxy) is 1. The molecule has 1 aliphatic heterocycles. The molecule has 0 spiro atoms. The Kier molecular flexibility index (Phi) is 5.08. The van der Waals surface area contributed by atoms with Crippen LogP contribution in [0.1, 0.15) is 22.6 Å². The van der Waals surface area contributed by atoms with Crippen molar-refractivity contribution in [3.05, 3.63) is 142 Å². The molecule has 4 aromatic carbocycles. The molecule has 3 aromatic heterocycles. The van der Waals surface area contributed by atoms with Crippen molar-refractivity contribution >= 4 is 16.6 Å². The molecule has 0 aliphatic carbocycles. The summed E-state index contributed by atoms with van der Waals surface area (Å²) in [5.74, 6) is 0.102. The molecule has 7 aromatic rings. The zero-order valence-corrected chi connectivity index (χ0v) is 21.4. The van der Waals surface area contributed by atoms with Gasteiger partial charge in [0.1, 0.15) is 17.7 Å². The Hall–Kier alpha value is -5.63. The van der Waals surface area contributed by atoms with Gasteiger partial charge in [-0.1, -0.05) is 78.9 Å². The second-order valence-electron chi connectivity index (χ2n) is 9.83. The van der Waals surface area contributed by atoms with Crippen molar-refractivity contribution < 1.29 is 13.5 Å². The number of hydrogen-bond acceptors (Lipinski definition) is 6. The van der Waals surface area contributed by atoms with Crippen LogP contribution >= 0.6 is 0 Å². The summed E-state index contributed by atoms with van der Waals surface area (Å²) in [4.78, 5) is 22.9. The van der Waals surface area contributed by atoms with E-state index in [-0.39, 0.29) is 5.82 Å². The van der Waals surface area contributed by atoms with E-state index < -0.39 is 11.5 Å². The quantitative estimate of drug-likeness (QED) is 0.226. The number of fused-ring (bicyclic) bond motifs is 6. The number of hydrogen-bond donors (Lipinski definition) is 0. The lowest BCUT2D eigenvalue weighted by Gasteiger charge is -2.27. The third kappa shape index (κ3) is 3.72. The molecule has 0 N–H and O–H groups in total. The molecule has 1 unspecified atom stereocenters. The normalized spacial score (nSPS) is 14.0. The van der Waals surface area contributed by atoms with E-state index in [9.17, 15) is 9.18 Å². The van der Waals surface area contributed by atoms with Crippen LogP contribution in [-0.2, 0) is 0 Å². The molecular formula is C33H19FN4O3. The van der Waals surface area contributed by atoms with Crippen LogP contribution in [0, 0.1) is 5.82 Å². The Bertz CT molecular complexity index is 2160. The van der Waals surface area contributed by atoms with Crippen molar-refractivity contribution in [2.75, 3.05) is 0 Å². The smallest absolute Gasteiger partial charge is 0.344 e. The molecule has 0 fully saturated rings. The summed E-state index contributed by atoms with van der Waals surface area (Å²) in [6, 6.07) is 31.3. The first-order valence-corrected chi connectivity index (χ1v) is 13.0. The van der Waals surface area contributed by atoms with Gasteiger partial charge in [-0.15, -0.1) is 5.10 Å². The van der Waals surface area contributed by atoms with Crippen LogP contribution in [0.2, 0.25) is 0 Å². The van der Waals surface area contributed by atoms with Gasteiger partial charge in [0.25, 0.3) is 0 Å². The van der Waals surface area contributed by atoms with Crippen LogP contribution in [0.5, 0.6) is 11.6 Å². The number of nitrogens with zero attached hydrogens (tertiary/aromatic N) is 4. The first kappa shape index (κ1) is 23.3. The van der Waals surface area contributed by atoms with Gasteiger partial charge in [-0.25, -0.2) is 23.7 Å². The molecule has 0 saturated carbocycles. The average Bonchev–Trinajstić information content (AvgIpc) is 3.46. The molecule has 196 valence electrons. The van der Waals surface area contributed by atoms with E-state index in [1.165, 1.54) is 12.1 Å². The SMILES string of the molecule is O=c1oc2ccccc2c2c1C(c1ccc(F)cc1)c1c(ncn3nc(-c4ccc(-c5ccccc5)cc4)nc13)O2. The van der Waals surface area contributed by atoms with Crippen molar-refractivity contribution in [1.82, 2.24) is 19.6 Å². The van der Waals surface area contributed by atoms with Gasteiger partial charge in [0.05, 0.1) is 22.4 Å². The van der Waals surface area contributed by atoms with Gasteiger partial charge in [-0.3, -0.25) is 0 Å². The van der Waals surface area contributed by atoms with Crippen LogP contribution in [0.3, 0.4) is 0 Å². The van der Waals surface area contributed by atoms with Gasteiger partial charge in [-0.2, -0.15) is 0 Å². The minimum absolute atomic E-state index is 0.299. The number of halogens is 1. The van der Waals surface area contributed by atoms with Crippen molar-refractivity contribution in [2.24, 2.45) is 0 Å². The highest BCUT2D eigenvalue weighted by atomic mass is 19.1. The minimum Gasteiger partial charge on any atom is -0.437 e. The largest absolute Gasteiger partial charge is 0.437 e. The van der Waals surface area contributed by atoms with E-state index in [2.05, 4.69) is 22.2 Å². The molecule has 1 aliphatic rings. The third-order valence-electron chi connectivity index (χ3n) is 7.42. The van der Waals surface area contributed by atoms with Gasteiger partial charge < -0.3 is 9.15 Å². The van der Waals surface area contributed by atoms with E-state index in [1.807, 2.05) is 54.6 Å². The lowest BCUT2D eigenvalue weighted by atomic mass is 9.84. The molecular weight excluding hydrogens is 519 g/mol. The Balaban J connectivity index is 1.33. The summed E-state index contributed by atoms with van der Waals surface area (Å²) in [6.07, 6.45) is 1.54. The third-order valence-corrected chi connectivity index (χ3v) is 7.42. The Morgan fingerprint density at radius 1 is 0.756 bits per heavy atom. The summed E-state index contributed by atoms with van der Waals surface area (Å²) < 4.78 is 27.6. The number of rotatable bonds is 3. The molecule has 0 radical (unpaired) electrons. The number of aromatic nitrogens is 4. The monoisotopic (exact) mass is 538 g/mol. The summed E-state index contributed by atoms with van der Waals surface area (Å²) >= 11 is 0. The highest BCUT2D eigenvalue weighted by Crippen LogP contribution is 2.48. The molecule has 4 heterocycles. The number of benzene rings is 4. The lowest BCUT2D eigenvalue weighted by Crippen LogP contribution is -2.22. The lowest BCUT2D eigenvalue weighted by molar-refractivity contribution is 0.422. The van der Waals surface area contributed by atoms with Gasteiger partial charge in [0.15, 0.2) is 17.2 Å². The maximum Gasteiger partial charge on any atom is 0.344 e. The first-order valence-electron chi connectivity index (χ1n) is 13.0. The summed E-state index contributed by atoms with van der Waals surface area (Å²) in [5.41, 5.74) is 4.88. The Morgan fingerprint density at radius 2 is 1.46 bits per heavy atom. The second kappa shape index (κ2) is 8.96. The second-order valence-corrected chi connectivity index (χ2v) is 9.83. The van der Waals surface area contributed by atoms with Gasteiger partial charge >= 0.3 is 5.63 Å². The van der Waals surface area contributed by atoms with Crippen LogP contribution in [-0.4, -0.2) is 19.6 Å².